The monoisotopic (exact) mass is 476 g/mol. The Labute approximate surface area is 204 Å². The molecule has 3 aromatic rings. The Morgan fingerprint density at radius 3 is 2.59 bits per heavy atom. The number of alkyl halides is 2. The van der Waals surface area contributed by atoms with E-state index in [4.69, 9.17) is 23.5 Å². The second-order valence-corrected chi connectivity index (χ2v) is 9.52. The number of nitrogens with one attached hydrogen (secondary N) is 1. The van der Waals surface area contributed by atoms with Gasteiger partial charge < -0.3 is 9.80 Å². The van der Waals surface area contributed by atoms with Crippen LogP contribution < -0.4 is 5.32 Å². The van der Waals surface area contributed by atoms with E-state index >= 15 is 0 Å². The van der Waals surface area contributed by atoms with Gasteiger partial charge in [-0.1, -0.05) is 28.7 Å². The molecule has 7 nitrogen and oxygen atoms in total. The Hall–Kier alpha value is -2.53. The van der Waals surface area contributed by atoms with Gasteiger partial charge in [0.25, 0.3) is 6.43 Å². The average Bonchev–Trinajstić information content (AvgIpc) is 3.22. The first-order valence-corrected chi connectivity index (χ1v) is 11.6. The zero-order chi connectivity index (χ0) is 24.5. The number of nitrogens with zero attached hydrogens (tertiary/aromatic N) is 5. The number of carbonyl (C=O) groups is 1. The van der Waals surface area contributed by atoms with Crippen molar-refractivity contribution in [3.05, 3.63) is 35.5 Å². The maximum Gasteiger partial charge on any atom is 0.323 e. The lowest BCUT2D eigenvalue weighted by molar-refractivity contribution is 0.0443. The molecule has 1 fully saturated rings. The lowest BCUT2D eigenvalue weighted by Crippen LogP contribution is -2.59. The van der Waals surface area contributed by atoms with Crippen LogP contribution in [0.1, 0.15) is 17.8 Å². The SMILES string of the molecule is [B]C([B])([B])N(CC(F)F)C1CCN(C(=O)Nc2cc3cc(-c4nnc(C)s4)ccc3cn2)CC1. The summed E-state index contributed by atoms with van der Waals surface area (Å²) in [7, 11) is 17.1. The van der Waals surface area contributed by atoms with E-state index in [1.807, 2.05) is 25.1 Å². The van der Waals surface area contributed by atoms with E-state index in [-0.39, 0.29) is 12.1 Å². The van der Waals surface area contributed by atoms with Gasteiger partial charge in [-0.25, -0.2) is 18.6 Å². The number of rotatable bonds is 6. The van der Waals surface area contributed by atoms with Crippen LogP contribution >= 0.6 is 11.3 Å². The fourth-order valence-electron chi connectivity index (χ4n) is 4.10. The van der Waals surface area contributed by atoms with Gasteiger partial charge in [0.05, 0.1) is 30.1 Å². The zero-order valence-electron chi connectivity index (χ0n) is 18.6. The number of anilines is 1. The molecular formula is C21H21B3F2N6OS. The van der Waals surface area contributed by atoms with Crippen molar-refractivity contribution in [3.63, 3.8) is 0 Å². The summed E-state index contributed by atoms with van der Waals surface area (Å²) < 4.78 is 25.9. The Morgan fingerprint density at radius 1 is 1.24 bits per heavy atom. The molecule has 0 unspecified atom stereocenters. The number of halogens is 2. The average molecular weight is 476 g/mol. The van der Waals surface area contributed by atoms with Crippen molar-refractivity contribution in [2.45, 2.75) is 37.5 Å². The summed E-state index contributed by atoms with van der Waals surface area (Å²) in [4.78, 5) is 19.9. The number of carbonyl (C=O) groups excluding carboxylic acids is 1. The highest BCUT2D eigenvalue weighted by molar-refractivity contribution is 7.14. The van der Waals surface area contributed by atoms with Crippen LogP contribution in [-0.2, 0) is 0 Å². The lowest BCUT2D eigenvalue weighted by Gasteiger charge is -2.46. The van der Waals surface area contributed by atoms with Gasteiger partial charge in [-0.3, -0.25) is 5.32 Å². The second-order valence-electron chi connectivity index (χ2n) is 8.34. The first-order chi connectivity index (χ1) is 16.1. The number of urea groups is 1. The summed E-state index contributed by atoms with van der Waals surface area (Å²) in [5, 5.41) is 12.7. The standard InChI is InChI=1S/C21H21B3F2N6OS/c1-12-29-30-19(34-12)13-2-3-14-10-27-18(9-15(14)8-13)28-20(33)31-6-4-16(5-7-31)32(11-17(25)26)21(22,23)24/h2-3,8-10,16-17H,4-7,11H2,1H3,(H,27,28,33). The molecular weight excluding hydrogens is 455 g/mol. The number of pyridine rings is 1. The van der Waals surface area contributed by atoms with Crippen molar-refractivity contribution in [2.75, 3.05) is 25.0 Å². The number of likely N-dealkylation sites (tertiary alicyclic amines) is 1. The minimum absolute atomic E-state index is 0.318. The van der Waals surface area contributed by atoms with Crippen LogP contribution in [0.2, 0.25) is 0 Å². The minimum atomic E-state index is -2.62. The maximum absolute atomic E-state index is 13.0. The highest BCUT2D eigenvalue weighted by Gasteiger charge is 2.33. The largest absolute Gasteiger partial charge is 0.324 e. The molecule has 0 saturated carbocycles. The molecule has 3 heterocycles. The van der Waals surface area contributed by atoms with Crippen LogP contribution in [0.25, 0.3) is 21.3 Å². The molecule has 2 amide bonds. The van der Waals surface area contributed by atoms with Gasteiger partial charge in [0.2, 0.25) is 0 Å². The summed E-state index contributed by atoms with van der Waals surface area (Å²) >= 11 is 1.51. The number of fused-ring (bicyclic) bond motifs is 1. The predicted molar refractivity (Wildman–Crippen MR) is 132 cm³/mol. The molecule has 2 aromatic heterocycles. The summed E-state index contributed by atoms with van der Waals surface area (Å²) in [5.41, 5.74) is 0.938. The molecule has 1 aliphatic rings. The first-order valence-electron chi connectivity index (χ1n) is 10.8. The van der Waals surface area contributed by atoms with Crippen LogP contribution in [0.5, 0.6) is 0 Å². The molecule has 1 N–H and O–H groups in total. The van der Waals surface area contributed by atoms with E-state index in [1.54, 1.807) is 17.2 Å². The van der Waals surface area contributed by atoms with Gasteiger partial charge in [-0.05, 0) is 37.3 Å². The van der Waals surface area contributed by atoms with Gasteiger partial charge in [-0.15, -0.1) is 10.2 Å². The summed E-state index contributed by atoms with van der Waals surface area (Å²) in [6.45, 7) is 1.97. The molecule has 0 aliphatic carbocycles. The van der Waals surface area contributed by atoms with E-state index in [1.165, 1.54) is 16.2 Å². The van der Waals surface area contributed by atoms with Gasteiger partial charge in [0.1, 0.15) is 15.8 Å². The fourth-order valence-corrected chi connectivity index (χ4v) is 4.78. The van der Waals surface area contributed by atoms with Crippen LogP contribution in [0.3, 0.4) is 0 Å². The first kappa shape index (κ1) is 24.6. The number of benzene rings is 1. The molecule has 1 aliphatic heterocycles. The molecule has 13 heteroatoms. The summed E-state index contributed by atoms with van der Waals surface area (Å²) in [5.74, 6) is 0.412. The van der Waals surface area contributed by atoms with Crippen molar-refractivity contribution in [1.29, 1.82) is 0 Å². The molecule has 1 aromatic carbocycles. The predicted octanol–water partition coefficient (Wildman–Crippen LogP) is 2.74. The van der Waals surface area contributed by atoms with Crippen molar-refractivity contribution >= 4 is 57.5 Å². The molecule has 170 valence electrons. The molecule has 4 rings (SSSR count). The molecule has 0 atom stereocenters. The van der Waals surface area contributed by atoms with Gasteiger partial charge in [0.15, 0.2) is 0 Å². The van der Waals surface area contributed by atoms with Gasteiger partial charge >= 0.3 is 6.03 Å². The third kappa shape index (κ3) is 5.75. The van der Waals surface area contributed by atoms with Crippen molar-refractivity contribution in [3.8, 4) is 10.6 Å². The van der Waals surface area contributed by atoms with Crippen molar-refractivity contribution in [1.82, 2.24) is 25.0 Å². The highest BCUT2D eigenvalue weighted by atomic mass is 32.1. The second kappa shape index (κ2) is 9.99. The number of hydrogen-bond donors (Lipinski definition) is 1. The van der Waals surface area contributed by atoms with E-state index in [2.05, 4.69) is 20.5 Å². The Morgan fingerprint density at radius 2 is 1.97 bits per heavy atom. The fraction of sp³-hybridized carbons (Fsp3) is 0.429. The lowest BCUT2D eigenvalue weighted by atomic mass is 9.48. The zero-order valence-corrected chi connectivity index (χ0v) is 19.4. The third-order valence-electron chi connectivity index (χ3n) is 5.75. The Kier molecular flexibility index (Phi) is 7.23. The summed E-state index contributed by atoms with van der Waals surface area (Å²) in [6.07, 6.45) is -0.0866. The Balaban J connectivity index is 1.41. The minimum Gasteiger partial charge on any atom is -0.324 e. The van der Waals surface area contributed by atoms with E-state index in [9.17, 15) is 13.6 Å². The third-order valence-corrected chi connectivity index (χ3v) is 6.64. The molecule has 0 spiro atoms. The number of hydrogen-bond acceptors (Lipinski definition) is 6. The molecule has 6 radical (unpaired) electrons. The Bertz CT molecular complexity index is 1170. The quantitative estimate of drug-likeness (QED) is 0.555. The van der Waals surface area contributed by atoms with Gasteiger partial charge in [0, 0.05) is 36.3 Å². The number of aryl methyl sites for hydroxylation is 1. The topological polar surface area (TPSA) is 74.2 Å². The van der Waals surface area contributed by atoms with Crippen LogP contribution in [0.15, 0.2) is 30.5 Å². The molecule has 34 heavy (non-hydrogen) atoms. The van der Waals surface area contributed by atoms with Crippen molar-refractivity contribution < 1.29 is 13.6 Å². The van der Waals surface area contributed by atoms with Crippen molar-refractivity contribution in [2.24, 2.45) is 0 Å². The molecule has 0 bridgehead atoms. The number of amides is 2. The normalized spacial score (nSPS) is 15.4. The van der Waals surface area contributed by atoms with Gasteiger partial charge in [-0.2, -0.15) is 0 Å². The maximum atomic E-state index is 13.0. The van der Waals surface area contributed by atoms with E-state index < -0.39 is 18.2 Å². The smallest absolute Gasteiger partial charge is 0.323 e. The van der Waals surface area contributed by atoms with Crippen LogP contribution in [0.4, 0.5) is 19.4 Å². The number of piperidine rings is 1. The number of aromatic nitrogens is 3. The highest BCUT2D eigenvalue weighted by Crippen LogP contribution is 2.28. The van der Waals surface area contributed by atoms with Crippen LogP contribution in [0, 0.1) is 6.92 Å². The van der Waals surface area contributed by atoms with E-state index in [0.717, 1.165) is 26.4 Å². The van der Waals surface area contributed by atoms with E-state index in [0.29, 0.717) is 31.7 Å². The van der Waals surface area contributed by atoms with Crippen LogP contribution in [-0.4, -0.2) is 91.9 Å². The summed E-state index contributed by atoms with van der Waals surface area (Å²) in [6, 6.07) is 7.02. The molecule has 1 saturated heterocycles.